The van der Waals surface area contributed by atoms with Crippen LogP contribution >= 0.6 is 0 Å². The Bertz CT molecular complexity index is 489. The molecule has 26 heavy (non-hydrogen) atoms. The number of fused-ring (bicyclic) bond motifs is 1. The van der Waals surface area contributed by atoms with Crippen molar-refractivity contribution in [3.63, 3.8) is 0 Å². The van der Waals surface area contributed by atoms with Crippen LogP contribution in [0.1, 0.15) is 20.3 Å². The molecular formula is C17H30O9. The van der Waals surface area contributed by atoms with Gasteiger partial charge in [-0.3, -0.25) is 0 Å². The largest absolute Gasteiger partial charge is 0.394 e. The molecule has 3 aliphatic rings. The second-order valence-electron chi connectivity index (χ2n) is 7.82. The topological polar surface area (TPSA) is 138 Å². The van der Waals surface area contributed by atoms with E-state index in [9.17, 15) is 25.5 Å². The lowest BCUT2D eigenvalue weighted by Gasteiger charge is -2.47. The number of ether oxygens (including phenoxy) is 4. The van der Waals surface area contributed by atoms with Crippen LogP contribution in [0.5, 0.6) is 0 Å². The Balaban J connectivity index is 1.78. The molecule has 5 N–H and O–H groups in total. The van der Waals surface area contributed by atoms with E-state index in [-0.39, 0.29) is 24.0 Å². The van der Waals surface area contributed by atoms with Gasteiger partial charge in [-0.25, -0.2) is 0 Å². The minimum atomic E-state index is -1.52. The van der Waals surface area contributed by atoms with Gasteiger partial charge in [-0.05, 0) is 19.3 Å². The molecule has 152 valence electrons. The molecule has 3 fully saturated rings. The van der Waals surface area contributed by atoms with Crippen LogP contribution in [0.25, 0.3) is 0 Å². The molecule has 1 aliphatic carbocycles. The lowest BCUT2D eigenvalue weighted by atomic mass is 9.78. The molecule has 0 bridgehead atoms. The first-order chi connectivity index (χ1) is 12.2. The Morgan fingerprint density at radius 2 is 1.77 bits per heavy atom. The molecule has 0 radical (unpaired) electrons. The molecule has 11 unspecified atom stereocenters. The molecule has 1 saturated carbocycles. The highest BCUT2D eigenvalue weighted by Crippen LogP contribution is 2.50. The van der Waals surface area contributed by atoms with Gasteiger partial charge in [-0.15, -0.1) is 0 Å². The second kappa shape index (κ2) is 7.57. The predicted molar refractivity (Wildman–Crippen MR) is 86.8 cm³/mol. The molecule has 0 amide bonds. The van der Waals surface area contributed by atoms with Crippen LogP contribution in [0.3, 0.4) is 0 Å². The van der Waals surface area contributed by atoms with E-state index in [4.69, 9.17) is 18.9 Å². The summed E-state index contributed by atoms with van der Waals surface area (Å²) in [6.07, 6.45) is -7.53. The monoisotopic (exact) mass is 378 g/mol. The first-order valence-electron chi connectivity index (χ1n) is 9.05. The predicted octanol–water partition coefficient (Wildman–Crippen LogP) is -1.80. The van der Waals surface area contributed by atoms with Crippen LogP contribution < -0.4 is 0 Å². The maximum absolute atomic E-state index is 10.7. The quantitative estimate of drug-likeness (QED) is 0.383. The van der Waals surface area contributed by atoms with Crippen LogP contribution in [0, 0.1) is 17.8 Å². The fraction of sp³-hybridized carbons (Fsp3) is 1.00. The zero-order valence-corrected chi connectivity index (χ0v) is 15.3. The molecule has 9 nitrogen and oxygen atoms in total. The van der Waals surface area contributed by atoms with E-state index >= 15 is 0 Å². The number of aliphatic hydroxyl groups is 5. The van der Waals surface area contributed by atoms with E-state index < -0.39 is 49.0 Å². The van der Waals surface area contributed by atoms with E-state index in [2.05, 4.69) is 0 Å². The van der Waals surface area contributed by atoms with Crippen molar-refractivity contribution in [2.24, 2.45) is 17.8 Å². The molecule has 9 heteroatoms. The Hall–Kier alpha value is -0.360. The summed E-state index contributed by atoms with van der Waals surface area (Å²) < 4.78 is 22.5. The van der Waals surface area contributed by atoms with Crippen molar-refractivity contribution in [3.8, 4) is 0 Å². The third kappa shape index (κ3) is 3.19. The average molecular weight is 378 g/mol. The molecule has 3 rings (SSSR count). The zero-order valence-electron chi connectivity index (χ0n) is 15.3. The summed E-state index contributed by atoms with van der Waals surface area (Å²) in [5, 5.41) is 50.1. The van der Waals surface area contributed by atoms with Gasteiger partial charge in [0.2, 0.25) is 0 Å². The van der Waals surface area contributed by atoms with Crippen molar-refractivity contribution in [2.75, 3.05) is 20.3 Å². The maximum atomic E-state index is 10.7. The molecular weight excluding hydrogens is 348 g/mol. The lowest BCUT2D eigenvalue weighted by molar-refractivity contribution is -0.341. The third-order valence-corrected chi connectivity index (χ3v) is 6.41. The molecule has 0 aromatic rings. The van der Waals surface area contributed by atoms with Gasteiger partial charge < -0.3 is 44.5 Å². The fourth-order valence-electron chi connectivity index (χ4n) is 4.61. The normalized spacial score (nSPS) is 54.9. The molecule has 0 aromatic carbocycles. The minimum Gasteiger partial charge on any atom is -0.394 e. The van der Waals surface area contributed by atoms with Crippen molar-refractivity contribution in [2.45, 2.75) is 69.0 Å². The Morgan fingerprint density at radius 1 is 1.08 bits per heavy atom. The number of hydrogen-bond acceptors (Lipinski definition) is 9. The van der Waals surface area contributed by atoms with E-state index in [1.807, 2.05) is 6.92 Å². The Labute approximate surface area is 152 Å². The van der Waals surface area contributed by atoms with Gasteiger partial charge >= 0.3 is 0 Å². The van der Waals surface area contributed by atoms with Gasteiger partial charge in [-0.1, -0.05) is 6.92 Å². The van der Waals surface area contributed by atoms with E-state index in [1.165, 1.54) is 0 Å². The fourth-order valence-corrected chi connectivity index (χ4v) is 4.61. The smallest absolute Gasteiger partial charge is 0.187 e. The number of aliphatic hydroxyl groups excluding tert-OH is 5. The SMILES string of the molecule is COC1OCC2C(CC(O)C2(C)OC2OC(CO)C(O)C(O)C2O)C1C. The highest BCUT2D eigenvalue weighted by molar-refractivity contribution is 5.06. The van der Waals surface area contributed by atoms with Crippen LogP contribution in [0.4, 0.5) is 0 Å². The standard InChI is InChI=1S/C17H30O9/c1-7-8-4-11(19)17(2,9(8)6-24-15(7)23-3)26-16-14(22)13(21)12(20)10(5-18)25-16/h7-16,18-22H,4-6H2,1-3H3. The highest BCUT2D eigenvalue weighted by Gasteiger charge is 2.59. The van der Waals surface area contributed by atoms with Crippen molar-refractivity contribution in [1.29, 1.82) is 0 Å². The van der Waals surface area contributed by atoms with Gasteiger partial charge in [0.25, 0.3) is 0 Å². The summed E-state index contributed by atoms with van der Waals surface area (Å²) in [6.45, 7) is 3.51. The van der Waals surface area contributed by atoms with Crippen LogP contribution in [-0.2, 0) is 18.9 Å². The Morgan fingerprint density at radius 3 is 2.38 bits per heavy atom. The third-order valence-electron chi connectivity index (χ3n) is 6.41. The van der Waals surface area contributed by atoms with Crippen LogP contribution in [0.2, 0.25) is 0 Å². The minimum absolute atomic E-state index is 0.0497. The van der Waals surface area contributed by atoms with Crippen LogP contribution in [-0.4, -0.2) is 94.6 Å². The summed E-state index contributed by atoms with van der Waals surface area (Å²) in [5.41, 5.74) is -1.08. The van der Waals surface area contributed by atoms with E-state index in [1.54, 1.807) is 14.0 Å². The molecule has 11 atom stereocenters. The first kappa shape index (κ1) is 20.4. The van der Waals surface area contributed by atoms with Gasteiger partial charge in [0, 0.05) is 18.9 Å². The van der Waals surface area contributed by atoms with Crippen LogP contribution in [0.15, 0.2) is 0 Å². The van der Waals surface area contributed by atoms with E-state index in [0.29, 0.717) is 13.0 Å². The number of rotatable bonds is 4. The molecule has 2 heterocycles. The molecule has 0 spiro atoms. The van der Waals surface area contributed by atoms with Crippen molar-refractivity contribution in [3.05, 3.63) is 0 Å². The average Bonchev–Trinajstić information content (AvgIpc) is 2.88. The summed E-state index contributed by atoms with van der Waals surface area (Å²) in [5.74, 6) is -0.0153. The first-order valence-corrected chi connectivity index (χ1v) is 9.05. The second-order valence-corrected chi connectivity index (χ2v) is 7.82. The number of hydrogen-bond donors (Lipinski definition) is 5. The molecule has 2 saturated heterocycles. The summed E-state index contributed by atoms with van der Waals surface area (Å²) >= 11 is 0. The lowest BCUT2D eigenvalue weighted by Crippen LogP contribution is -2.62. The van der Waals surface area contributed by atoms with Gasteiger partial charge in [0.15, 0.2) is 12.6 Å². The van der Waals surface area contributed by atoms with Crippen molar-refractivity contribution < 1.29 is 44.5 Å². The molecule has 0 aromatic heterocycles. The summed E-state index contributed by atoms with van der Waals surface area (Å²) in [4.78, 5) is 0. The summed E-state index contributed by atoms with van der Waals surface area (Å²) in [6, 6.07) is 0. The van der Waals surface area contributed by atoms with Gasteiger partial charge in [0.1, 0.15) is 24.4 Å². The zero-order chi connectivity index (χ0) is 19.2. The maximum Gasteiger partial charge on any atom is 0.187 e. The van der Waals surface area contributed by atoms with Crippen molar-refractivity contribution in [1.82, 2.24) is 0 Å². The molecule has 2 aliphatic heterocycles. The van der Waals surface area contributed by atoms with E-state index in [0.717, 1.165) is 0 Å². The number of methoxy groups -OCH3 is 1. The summed E-state index contributed by atoms with van der Waals surface area (Å²) in [7, 11) is 1.58. The highest BCUT2D eigenvalue weighted by atomic mass is 16.7. The Kier molecular flexibility index (Phi) is 5.94. The van der Waals surface area contributed by atoms with Gasteiger partial charge in [0.05, 0.1) is 24.9 Å². The van der Waals surface area contributed by atoms with Gasteiger partial charge in [-0.2, -0.15) is 0 Å². The van der Waals surface area contributed by atoms with Crippen molar-refractivity contribution >= 4 is 0 Å².